The second-order valence-electron chi connectivity index (χ2n) is 4.28. The number of carboxylic acid groups (broad SMARTS) is 1. The van der Waals surface area contributed by atoms with Gasteiger partial charge >= 0.3 is 12.0 Å². The van der Waals surface area contributed by atoms with Gasteiger partial charge in [-0.25, -0.2) is 17.9 Å². The number of anilines is 1. The molecule has 2 amide bonds. The fraction of sp³-hybridized carbons (Fsp3) is 0.333. The van der Waals surface area contributed by atoms with Crippen LogP contribution in [0.2, 0.25) is 0 Å². The topological polar surface area (TPSA) is 125 Å². The lowest BCUT2D eigenvalue weighted by atomic mass is 10.1. The van der Waals surface area contributed by atoms with E-state index in [-0.39, 0.29) is 19.5 Å². The van der Waals surface area contributed by atoms with Crippen molar-refractivity contribution in [3.05, 3.63) is 29.8 Å². The second-order valence-corrected chi connectivity index (χ2v) is 6.11. The number of carbonyl (C=O) groups excluding carboxylic acids is 1. The largest absolute Gasteiger partial charge is 0.481 e. The van der Waals surface area contributed by atoms with Gasteiger partial charge in [-0.2, -0.15) is 0 Å². The van der Waals surface area contributed by atoms with E-state index in [9.17, 15) is 18.0 Å². The van der Waals surface area contributed by atoms with Gasteiger partial charge in [0.25, 0.3) is 0 Å². The van der Waals surface area contributed by atoms with Gasteiger partial charge in [0, 0.05) is 18.8 Å². The zero-order valence-corrected chi connectivity index (χ0v) is 12.2. The lowest BCUT2D eigenvalue weighted by molar-refractivity contribution is -0.136. The Labute approximate surface area is 122 Å². The van der Waals surface area contributed by atoms with E-state index in [1.165, 1.54) is 0 Å². The van der Waals surface area contributed by atoms with Gasteiger partial charge in [0.05, 0.1) is 12.7 Å². The molecule has 0 saturated heterocycles. The van der Waals surface area contributed by atoms with Crippen molar-refractivity contribution in [1.82, 2.24) is 10.0 Å². The van der Waals surface area contributed by atoms with Gasteiger partial charge in [-0.1, -0.05) is 18.2 Å². The number of amides is 2. The molecule has 1 aromatic rings. The summed E-state index contributed by atoms with van der Waals surface area (Å²) in [5.41, 5.74) is 0.878. The maximum Gasteiger partial charge on any atom is 0.319 e. The molecule has 1 rings (SSSR count). The molecule has 0 aliphatic heterocycles. The zero-order chi connectivity index (χ0) is 15.9. The van der Waals surface area contributed by atoms with Crippen LogP contribution in [0.25, 0.3) is 0 Å². The van der Waals surface area contributed by atoms with E-state index in [1.807, 2.05) is 0 Å². The third-order valence-electron chi connectivity index (χ3n) is 2.38. The Morgan fingerprint density at radius 3 is 2.48 bits per heavy atom. The van der Waals surface area contributed by atoms with Gasteiger partial charge in [-0.15, -0.1) is 0 Å². The maximum atomic E-state index is 11.6. The Bertz CT molecular complexity index is 615. The van der Waals surface area contributed by atoms with Gasteiger partial charge in [0.1, 0.15) is 0 Å². The monoisotopic (exact) mass is 315 g/mol. The van der Waals surface area contributed by atoms with Crippen LogP contribution in [0.3, 0.4) is 0 Å². The molecule has 0 saturated carbocycles. The number of aliphatic carboxylic acids is 1. The lowest BCUT2D eigenvalue weighted by Gasteiger charge is -2.11. The highest BCUT2D eigenvalue weighted by molar-refractivity contribution is 7.88. The van der Waals surface area contributed by atoms with Crippen molar-refractivity contribution in [2.45, 2.75) is 6.42 Å². The molecule has 0 aliphatic rings. The minimum Gasteiger partial charge on any atom is -0.481 e. The van der Waals surface area contributed by atoms with Crippen LogP contribution in [-0.4, -0.2) is 44.9 Å². The van der Waals surface area contributed by atoms with Crippen LogP contribution in [0.4, 0.5) is 10.5 Å². The van der Waals surface area contributed by atoms with Crippen LogP contribution in [0.15, 0.2) is 24.3 Å². The number of sulfonamides is 1. The first-order valence-corrected chi connectivity index (χ1v) is 7.96. The van der Waals surface area contributed by atoms with E-state index in [0.29, 0.717) is 11.3 Å². The average molecular weight is 315 g/mol. The van der Waals surface area contributed by atoms with E-state index in [4.69, 9.17) is 5.11 Å². The Hall–Kier alpha value is -2.13. The van der Waals surface area contributed by atoms with Gasteiger partial charge < -0.3 is 15.7 Å². The molecular formula is C12H17N3O5S. The number of carboxylic acids is 1. The summed E-state index contributed by atoms with van der Waals surface area (Å²) in [7, 11) is -3.29. The molecule has 0 fully saturated rings. The summed E-state index contributed by atoms with van der Waals surface area (Å²) in [6.45, 7) is 0.184. The van der Waals surface area contributed by atoms with E-state index < -0.39 is 22.0 Å². The van der Waals surface area contributed by atoms with Gasteiger partial charge in [0.2, 0.25) is 10.0 Å². The molecule has 8 nitrogen and oxygen atoms in total. The molecule has 0 bridgehead atoms. The molecule has 0 aromatic heterocycles. The van der Waals surface area contributed by atoms with Crippen LogP contribution < -0.4 is 15.4 Å². The van der Waals surface area contributed by atoms with Gasteiger partial charge in [-0.3, -0.25) is 4.79 Å². The fourth-order valence-corrected chi connectivity index (χ4v) is 2.01. The number of benzene rings is 1. The van der Waals surface area contributed by atoms with Crippen LogP contribution >= 0.6 is 0 Å². The minimum absolute atomic E-state index is 0.0724. The molecular weight excluding hydrogens is 298 g/mol. The lowest BCUT2D eigenvalue weighted by Crippen LogP contribution is -2.36. The van der Waals surface area contributed by atoms with Crippen molar-refractivity contribution in [1.29, 1.82) is 0 Å². The van der Waals surface area contributed by atoms with Crippen LogP contribution in [0.5, 0.6) is 0 Å². The average Bonchev–Trinajstić information content (AvgIpc) is 2.35. The highest BCUT2D eigenvalue weighted by atomic mass is 32.2. The summed E-state index contributed by atoms with van der Waals surface area (Å²) in [6.07, 6.45) is 0.821. The molecule has 9 heteroatoms. The van der Waals surface area contributed by atoms with Crippen molar-refractivity contribution < 1.29 is 23.1 Å². The summed E-state index contributed by atoms with van der Waals surface area (Å²) in [6, 6.07) is 6.01. The molecule has 116 valence electrons. The third kappa shape index (κ3) is 7.28. The molecule has 0 heterocycles. The predicted octanol–water partition coefficient (Wildman–Crippen LogP) is -0.0156. The number of hydrogen-bond donors (Lipinski definition) is 4. The molecule has 1 aromatic carbocycles. The first-order chi connectivity index (χ1) is 9.78. The van der Waals surface area contributed by atoms with Crippen molar-refractivity contribution in [3.8, 4) is 0 Å². The first kappa shape index (κ1) is 16.9. The SMILES string of the molecule is CS(=O)(=O)NCCNC(=O)Nc1ccccc1CC(=O)O. The number of urea groups is 1. The number of hydrogen-bond acceptors (Lipinski definition) is 4. The molecule has 0 radical (unpaired) electrons. The van der Waals surface area contributed by atoms with Crippen LogP contribution in [0, 0.1) is 0 Å². The summed E-state index contributed by atoms with van der Waals surface area (Å²) >= 11 is 0. The highest BCUT2D eigenvalue weighted by Crippen LogP contribution is 2.15. The van der Waals surface area contributed by atoms with E-state index in [1.54, 1.807) is 24.3 Å². The standard InChI is InChI=1S/C12H17N3O5S/c1-21(19,20)14-7-6-13-12(18)15-10-5-3-2-4-9(10)8-11(16)17/h2-5,14H,6-8H2,1H3,(H,16,17)(H2,13,15,18). The van der Waals surface area contributed by atoms with Crippen molar-refractivity contribution in [2.24, 2.45) is 0 Å². The maximum absolute atomic E-state index is 11.6. The van der Waals surface area contributed by atoms with Crippen LogP contribution in [0.1, 0.15) is 5.56 Å². The zero-order valence-electron chi connectivity index (χ0n) is 11.4. The third-order valence-corrected chi connectivity index (χ3v) is 3.11. The second kappa shape index (κ2) is 7.60. The van der Waals surface area contributed by atoms with Crippen molar-refractivity contribution in [3.63, 3.8) is 0 Å². The summed E-state index contributed by atoms with van der Waals surface area (Å²) < 4.78 is 23.9. The van der Waals surface area contributed by atoms with E-state index in [0.717, 1.165) is 6.26 Å². The molecule has 21 heavy (non-hydrogen) atoms. The number of para-hydroxylation sites is 1. The molecule has 0 spiro atoms. The van der Waals surface area contributed by atoms with Crippen LogP contribution in [-0.2, 0) is 21.2 Å². The normalized spacial score (nSPS) is 10.9. The summed E-state index contributed by atoms with van der Waals surface area (Å²) in [5.74, 6) is -0.998. The number of carbonyl (C=O) groups is 2. The fourth-order valence-electron chi connectivity index (χ4n) is 1.54. The van der Waals surface area contributed by atoms with Gasteiger partial charge in [-0.05, 0) is 11.6 Å². The van der Waals surface area contributed by atoms with Gasteiger partial charge in [0.15, 0.2) is 0 Å². The Balaban J connectivity index is 2.49. The molecule has 0 aliphatic carbocycles. The Kier molecular flexibility index (Phi) is 6.12. The molecule has 0 unspecified atom stereocenters. The first-order valence-electron chi connectivity index (χ1n) is 6.07. The summed E-state index contributed by atoms with van der Waals surface area (Å²) in [5, 5.41) is 13.8. The van der Waals surface area contributed by atoms with E-state index in [2.05, 4.69) is 15.4 Å². The van der Waals surface area contributed by atoms with Crippen molar-refractivity contribution >= 4 is 27.7 Å². The molecule has 0 atom stereocenters. The Morgan fingerprint density at radius 1 is 1.19 bits per heavy atom. The molecule has 4 N–H and O–H groups in total. The Morgan fingerprint density at radius 2 is 1.86 bits per heavy atom. The van der Waals surface area contributed by atoms with E-state index >= 15 is 0 Å². The van der Waals surface area contributed by atoms with Crippen molar-refractivity contribution in [2.75, 3.05) is 24.7 Å². The smallest absolute Gasteiger partial charge is 0.319 e. The predicted molar refractivity (Wildman–Crippen MR) is 77.6 cm³/mol. The summed E-state index contributed by atoms with van der Waals surface area (Å²) in [4.78, 5) is 22.3. The highest BCUT2D eigenvalue weighted by Gasteiger charge is 2.09. The minimum atomic E-state index is -3.29. The number of rotatable bonds is 7. The number of nitrogens with one attached hydrogen (secondary N) is 3. The quantitative estimate of drug-likeness (QED) is 0.527.